The van der Waals surface area contributed by atoms with Gasteiger partial charge in [0.05, 0.1) is 24.9 Å². The summed E-state index contributed by atoms with van der Waals surface area (Å²) in [6.07, 6.45) is 3.22. The number of halogens is 2. The van der Waals surface area contributed by atoms with Gasteiger partial charge in [0, 0.05) is 23.5 Å². The van der Waals surface area contributed by atoms with Crippen molar-refractivity contribution < 1.29 is 27.8 Å². The highest BCUT2D eigenvalue weighted by atomic mass is 28.2. The molecule has 3 aromatic rings. The second kappa shape index (κ2) is 11.4. The lowest BCUT2D eigenvalue weighted by Gasteiger charge is -2.15. The summed E-state index contributed by atoms with van der Waals surface area (Å²) in [6, 6.07) is 11.7. The van der Waals surface area contributed by atoms with Crippen LogP contribution >= 0.6 is 0 Å². The number of methoxy groups -OCH3 is 1. The SMILES string of the molecule is COc1cc(C(=O)NCC(F)(F)CO)ccc1Nc1ncc(-c2ccc(C#N)c(O[SiH2]C)c2)cn1. The van der Waals surface area contributed by atoms with E-state index < -0.39 is 34.7 Å². The van der Waals surface area contributed by atoms with Gasteiger partial charge < -0.3 is 24.9 Å². The fraction of sp³-hybridized carbons (Fsp3) is 0.217. The predicted molar refractivity (Wildman–Crippen MR) is 128 cm³/mol. The molecule has 182 valence electrons. The Labute approximate surface area is 202 Å². The molecule has 0 fully saturated rings. The van der Waals surface area contributed by atoms with Gasteiger partial charge in [-0.05, 0) is 42.4 Å². The van der Waals surface area contributed by atoms with E-state index in [1.807, 2.05) is 6.55 Å². The number of aliphatic hydroxyl groups excluding tert-OH is 1. The van der Waals surface area contributed by atoms with E-state index >= 15 is 0 Å². The van der Waals surface area contributed by atoms with Crippen LogP contribution in [0.3, 0.4) is 0 Å². The number of anilines is 2. The summed E-state index contributed by atoms with van der Waals surface area (Å²) in [4.78, 5) is 20.8. The van der Waals surface area contributed by atoms with Crippen LogP contribution in [0, 0.1) is 11.3 Å². The fourth-order valence-corrected chi connectivity index (χ4v) is 3.58. The van der Waals surface area contributed by atoms with Crippen LogP contribution < -0.4 is 19.8 Å². The van der Waals surface area contributed by atoms with E-state index in [1.165, 1.54) is 25.3 Å². The number of benzene rings is 2. The van der Waals surface area contributed by atoms with Crippen molar-refractivity contribution >= 4 is 27.3 Å². The second-order valence-electron chi connectivity index (χ2n) is 7.29. The second-order valence-corrected chi connectivity index (χ2v) is 8.15. The molecule has 0 aliphatic heterocycles. The first kappa shape index (κ1) is 25.5. The van der Waals surface area contributed by atoms with Crippen LogP contribution in [-0.2, 0) is 0 Å². The van der Waals surface area contributed by atoms with Crippen LogP contribution in [-0.4, -0.2) is 56.9 Å². The summed E-state index contributed by atoms with van der Waals surface area (Å²) in [5.41, 5.74) is 2.55. The normalized spacial score (nSPS) is 11.2. The van der Waals surface area contributed by atoms with Crippen LogP contribution in [0.1, 0.15) is 15.9 Å². The Morgan fingerprint density at radius 1 is 1.17 bits per heavy atom. The topological polar surface area (TPSA) is 129 Å². The molecule has 0 unspecified atom stereocenters. The largest absolute Gasteiger partial charge is 0.549 e. The number of nitrogens with zero attached hydrogens (tertiary/aromatic N) is 3. The van der Waals surface area contributed by atoms with Crippen LogP contribution in [0.15, 0.2) is 48.8 Å². The number of alkyl halides is 2. The van der Waals surface area contributed by atoms with Gasteiger partial charge in [-0.15, -0.1) is 0 Å². The maximum absolute atomic E-state index is 13.2. The zero-order valence-corrected chi connectivity index (χ0v) is 20.4. The van der Waals surface area contributed by atoms with Crippen molar-refractivity contribution in [3.8, 4) is 28.7 Å². The monoisotopic (exact) mass is 499 g/mol. The summed E-state index contributed by atoms with van der Waals surface area (Å²) in [7, 11) is 0.650. The Hall–Kier alpha value is -4.08. The highest BCUT2D eigenvalue weighted by molar-refractivity contribution is 6.26. The maximum atomic E-state index is 13.2. The van der Waals surface area contributed by atoms with Gasteiger partial charge in [-0.3, -0.25) is 4.79 Å². The van der Waals surface area contributed by atoms with Gasteiger partial charge in [0.25, 0.3) is 11.8 Å². The van der Waals surface area contributed by atoms with E-state index in [4.69, 9.17) is 14.3 Å². The van der Waals surface area contributed by atoms with E-state index in [9.17, 15) is 18.8 Å². The summed E-state index contributed by atoms with van der Waals surface area (Å²) < 4.78 is 37.3. The molecule has 1 aromatic heterocycles. The number of aliphatic hydroxyl groups is 1. The number of carbonyl (C=O) groups is 1. The highest BCUT2D eigenvalue weighted by Gasteiger charge is 2.28. The third-order valence-corrected chi connectivity index (χ3v) is 5.44. The molecule has 0 saturated carbocycles. The Morgan fingerprint density at radius 2 is 1.91 bits per heavy atom. The molecule has 0 saturated heterocycles. The summed E-state index contributed by atoms with van der Waals surface area (Å²) in [6.45, 7) is -0.378. The first-order chi connectivity index (χ1) is 16.8. The Morgan fingerprint density at radius 3 is 2.54 bits per heavy atom. The lowest BCUT2D eigenvalue weighted by molar-refractivity contribution is -0.0462. The van der Waals surface area contributed by atoms with Gasteiger partial charge in [0.2, 0.25) is 15.7 Å². The van der Waals surface area contributed by atoms with E-state index in [0.717, 1.165) is 11.1 Å². The van der Waals surface area contributed by atoms with Crippen molar-refractivity contribution in [3.05, 3.63) is 59.9 Å². The van der Waals surface area contributed by atoms with E-state index in [1.54, 1.807) is 30.6 Å². The summed E-state index contributed by atoms with van der Waals surface area (Å²) >= 11 is 0. The molecule has 0 spiro atoms. The molecule has 9 nitrogen and oxygen atoms in total. The molecular weight excluding hydrogens is 476 g/mol. The zero-order valence-electron chi connectivity index (χ0n) is 19.0. The lowest BCUT2D eigenvalue weighted by atomic mass is 10.1. The molecule has 12 heteroatoms. The molecule has 3 N–H and O–H groups in total. The minimum atomic E-state index is -3.41. The minimum absolute atomic E-state index is 0.103. The molecule has 0 bridgehead atoms. The van der Waals surface area contributed by atoms with Crippen molar-refractivity contribution in [1.82, 2.24) is 15.3 Å². The van der Waals surface area contributed by atoms with Crippen molar-refractivity contribution in [3.63, 3.8) is 0 Å². The fourth-order valence-electron chi connectivity index (χ4n) is 3.03. The highest BCUT2D eigenvalue weighted by Crippen LogP contribution is 2.29. The molecule has 0 aliphatic carbocycles. The average molecular weight is 500 g/mol. The maximum Gasteiger partial charge on any atom is 0.287 e. The molecular formula is C23H23F2N5O4Si. The molecule has 3 rings (SSSR count). The standard InChI is InChI=1S/C23H23F2N5O4Si/c1-33-20-8-15(21(32)29-12-23(24,25)13-31)5-6-18(20)30-22-27-10-17(11-28-22)14-3-4-16(9-26)19(7-14)34-35-2/h3-8,10-11,31H,12-13,35H2,1-2H3,(H,29,32)(H,27,28,30). The number of carbonyl (C=O) groups excluding carboxylic acids is 1. The van der Waals surface area contributed by atoms with Gasteiger partial charge >= 0.3 is 0 Å². The average Bonchev–Trinajstić information content (AvgIpc) is 2.88. The summed E-state index contributed by atoms with van der Waals surface area (Å²) in [5.74, 6) is -3.07. The number of hydrogen-bond donors (Lipinski definition) is 3. The predicted octanol–water partition coefficient (Wildman–Crippen LogP) is 2.64. The Kier molecular flexibility index (Phi) is 8.29. The Balaban J connectivity index is 1.74. The molecule has 0 aliphatic rings. The zero-order chi connectivity index (χ0) is 25.4. The molecule has 1 heterocycles. The van der Waals surface area contributed by atoms with E-state index in [-0.39, 0.29) is 17.3 Å². The third kappa shape index (κ3) is 6.49. The number of ether oxygens (including phenoxy) is 1. The third-order valence-electron chi connectivity index (χ3n) is 4.84. The molecule has 0 atom stereocenters. The molecule has 2 aromatic carbocycles. The number of amides is 1. The van der Waals surface area contributed by atoms with E-state index in [0.29, 0.717) is 17.0 Å². The number of nitriles is 1. The smallest absolute Gasteiger partial charge is 0.287 e. The van der Waals surface area contributed by atoms with Gasteiger partial charge in [0.15, 0.2) is 0 Å². The van der Waals surface area contributed by atoms with Crippen LogP contribution in [0.4, 0.5) is 20.4 Å². The van der Waals surface area contributed by atoms with Crippen LogP contribution in [0.25, 0.3) is 11.1 Å². The van der Waals surface area contributed by atoms with Gasteiger partial charge in [-0.25, -0.2) is 18.7 Å². The van der Waals surface area contributed by atoms with Crippen molar-refractivity contribution in [2.75, 3.05) is 25.6 Å². The molecule has 35 heavy (non-hydrogen) atoms. The lowest BCUT2D eigenvalue weighted by Crippen LogP contribution is -2.38. The first-order valence-corrected chi connectivity index (χ1v) is 12.5. The number of nitrogens with one attached hydrogen (secondary N) is 2. The van der Waals surface area contributed by atoms with Gasteiger partial charge in [0.1, 0.15) is 24.2 Å². The summed E-state index contributed by atoms with van der Waals surface area (Å²) in [5, 5.41) is 22.9. The number of hydrogen-bond acceptors (Lipinski definition) is 8. The number of rotatable bonds is 10. The number of aromatic nitrogens is 2. The molecule has 0 radical (unpaired) electrons. The van der Waals surface area contributed by atoms with Crippen molar-refractivity contribution in [2.24, 2.45) is 0 Å². The van der Waals surface area contributed by atoms with Gasteiger partial charge in [-0.2, -0.15) is 5.26 Å². The van der Waals surface area contributed by atoms with Gasteiger partial charge in [-0.1, -0.05) is 6.07 Å². The Bertz CT molecular complexity index is 1240. The quantitative estimate of drug-likeness (QED) is 0.363. The van der Waals surface area contributed by atoms with Crippen molar-refractivity contribution in [2.45, 2.75) is 12.5 Å². The van der Waals surface area contributed by atoms with Crippen LogP contribution in [0.2, 0.25) is 6.55 Å². The van der Waals surface area contributed by atoms with Crippen LogP contribution in [0.5, 0.6) is 11.5 Å². The first-order valence-electron chi connectivity index (χ1n) is 10.5. The van der Waals surface area contributed by atoms with E-state index in [2.05, 4.69) is 26.7 Å². The molecule has 1 amide bonds. The minimum Gasteiger partial charge on any atom is -0.549 e. The van der Waals surface area contributed by atoms with Crippen molar-refractivity contribution in [1.29, 1.82) is 5.26 Å².